The van der Waals surface area contributed by atoms with E-state index in [0.29, 0.717) is 11.8 Å². The predicted octanol–water partition coefficient (Wildman–Crippen LogP) is 11.4. The zero-order chi connectivity index (χ0) is 31.1. The standard InChI is InChI=1S/C47H34/c1-46(2)40-19-8-5-14-33(40)38-27-45-39(26-44(38)46)35-16-7-10-21-42(35)47(45)41-20-9-6-15-34(41)37-25-29(22-23-43(37)47)31-17-11-18-32-30-13-4-3-12-28(30)24-36(31)32/h3-23,25-27,35,42H,24H2,1-2H3. The van der Waals surface area contributed by atoms with Crippen molar-refractivity contribution in [1.82, 2.24) is 0 Å². The number of allylic oxidation sites excluding steroid dienone is 4. The van der Waals surface area contributed by atoms with Gasteiger partial charge in [-0.2, -0.15) is 0 Å². The molecule has 0 amide bonds. The Bertz CT molecular complexity index is 2430. The number of benzene rings is 6. The van der Waals surface area contributed by atoms with E-state index in [1.165, 1.54) is 89.0 Å². The molecule has 0 saturated carbocycles. The quantitative estimate of drug-likeness (QED) is 0.176. The van der Waals surface area contributed by atoms with E-state index in [1.54, 1.807) is 0 Å². The summed E-state index contributed by atoms with van der Waals surface area (Å²) in [4.78, 5) is 0. The molecule has 6 aromatic rings. The van der Waals surface area contributed by atoms with Gasteiger partial charge in [-0.05, 0) is 108 Å². The summed E-state index contributed by atoms with van der Waals surface area (Å²) in [6.45, 7) is 4.81. The molecule has 3 unspecified atom stereocenters. The highest BCUT2D eigenvalue weighted by atomic mass is 14.6. The van der Waals surface area contributed by atoms with Crippen molar-refractivity contribution in [2.45, 2.75) is 37.0 Å². The average Bonchev–Trinajstić information content (AvgIpc) is 3.80. The Hall–Kier alpha value is -5.20. The summed E-state index contributed by atoms with van der Waals surface area (Å²) in [7, 11) is 0. The Labute approximate surface area is 276 Å². The minimum atomic E-state index is -0.239. The first-order valence-corrected chi connectivity index (χ1v) is 17.2. The Balaban J connectivity index is 1.17. The molecule has 0 nitrogen and oxygen atoms in total. The monoisotopic (exact) mass is 598 g/mol. The molecule has 0 aliphatic heterocycles. The van der Waals surface area contributed by atoms with Gasteiger partial charge in [-0.15, -0.1) is 0 Å². The van der Waals surface area contributed by atoms with Crippen LogP contribution in [-0.2, 0) is 17.3 Å². The van der Waals surface area contributed by atoms with Crippen molar-refractivity contribution >= 4 is 0 Å². The van der Waals surface area contributed by atoms with Crippen LogP contribution < -0.4 is 0 Å². The SMILES string of the molecule is CC1(C)c2ccccc2-c2cc3c(cc21)C1C=CC=CC1C31c2ccccc2-c2cc(-c3cccc4c3Cc3ccccc3-4)ccc21. The summed E-state index contributed by atoms with van der Waals surface area (Å²) in [6, 6.07) is 46.8. The minimum Gasteiger partial charge on any atom is -0.0789 e. The molecule has 11 rings (SSSR count). The molecular formula is C47H34. The van der Waals surface area contributed by atoms with Gasteiger partial charge < -0.3 is 0 Å². The van der Waals surface area contributed by atoms with Crippen molar-refractivity contribution in [3.63, 3.8) is 0 Å². The van der Waals surface area contributed by atoms with Crippen molar-refractivity contribution < 1.29 is 0 Å². The second kappa shape index (κ2) is 8.78. The molecule has 3 atom stereocenters. The summed E-state index contributed by atoms with van der Waals surface area (Å²) >= 11 is 0. The van der Waals surface area contributed by atoms with Gasteiger partial charge in [0, 0.05) is 17.3 Å². The molecule has 0 aromatic heterocycles. The second-order valence-corrected chi connectivity index (χ2v) is 14.8. The first-order chi connectivity index (χ1) is 23.1. The van der Waals surface area contributed by atoms with Gasteiger partial charge in [0.1, 0.15) is 0 Å². The Morgan fingerprint density at radius 3 is 2.02 bits per heavy atom. The van der Waals surface area contributed by atoms with Crippen molar-refractivity contribution in [2.24, 2.45) is 5.92 Å². The topological polar surface area (TPSA) is 0 Å². The van der Waals surface area contributed by atoms with Gasteiger partial charge in [-0.3, -0.25) is 0 Å². The van der Waals surface area contributed by atoms with Gasteiger partial charge in [0.2, 0.25) is 0 Å². The average molecular weight is 599 g/mol. The zero-order valence-corrected chi connectivity index (χ0v) is 26.7. The van der Waals surface area contributed by atoms with Crippen LogP contribution in [0.3, 0.4) is 0 Å². The lowest BCUT2D eigenvalue weighted by atomic mass is 9.65. The molecule has 6 aromatic carbocycles. The fourth-order valence-corrected chi connectivity index (χ4v) is 10.4. The normalized spacial score (nSPS) is 22.3. The highest BCUT2D eigenvalue weighted by Gasteiger charge is 2.58. The van der Waals surface area contributed by atoms with E-state index < -0.39 is 0 Å². The molecule has 0 bridgehead atoms. The van der Waals surface area contributed by atoms with Crippen LogP contribution in [-0.4, -0.2) is 0 Å². The van der Waals surface area contributed by atoms with Crippen LogP contribution in [0.4, 0.5) is 0 Å². The summed E-state index contributed by atoms with van der Waals surface area (Å²) < 4.78 is 0. The molecule has 0 heteroatoms. The predicted molar refractivity (Wildman–Crippen MR) is 194 cm³/mol. The van der Waals surface area contributed by atoms with E-state index in [1.807, 2.05) is 0 Å². The van der Waals surface area contributed by atoms with Gasteiger partial charge in [-0.25, -0.2) is 0 Å². The minimum absolute atomic E-state index is 0.0174. The number of rotatable bonds is 1. The van der Waals surface area contributed by atoms with E-state index in [4.69, 9.17) is 0 Å². The lowest BCUT2D eigenvalue weighted by Crippen LogP contribution is -2.33. The molecule has 0 saturated heterocycles. The fraction of sp³-hybridized carbons (Fsp3) is 0.149. The number of hydrogen-bond donors (Lipinski definition) is 0. The van der Waals surface area contributed by atoms with E-state index in [-0.39, 0.29) is 10.8 Å². The largest absolute Gasteiger partial charge is 0.0789 e. The first-order valence-electron chi connectivity index (χ1n) is 17.2. The molecular weight excluding hydrogens is 565 g/mol. The summed E-state index contributed by atoms with van der Waals surface area (Å²) in [5, 5.41) is 0. The van der Waals surface area contributed by atoms with Crippen molar-refractivity contribution in [3.05, 3.63) is 190 Å². The van der Waals surface area contributed by atoms with E-state index in [9.17, 15) is 0 Å². The summed E-state index contributed by atoms with van der Waals surface area (Å²) in [5.74, 6) is 0.668. The molecule has 47 heavy (non-hydrogen) atoms. The van der Waals surface area contributed by atoms with Gasteiger partial charge in [0.25, 0.3) is 0 Å². The first kappa shape index (κ1) is 25.9. The maximum Gasteiger partial charge on any atom is 0.0538 e. The third-order valence-electron chi connectivity index (χ3n) is 12.4. The van der Waals surface area contributed by atoms with Crippen LogP contribution in [0.15, 0.2) is 146 Å². The van der Waals surface area contributed by atoms with Crippen LogP contribution in [0.25, 0.3) is 44.5 Å². The van der Waals surface area contributed by atoms with Crippen LogP contribution in [0, 0.1) is 5.92 Å². The Morgan fingerprint density at radius 1 is 0.489 bits per heavy atom. The number of fused-ring (bicyclic) bond motifs is 16. The van der Waals surface area contributed by atoms with Crippen LogP contribution >= 0.6 is 0 Å². The Morgan fingerprint density at radius 2 is 1.15 bits per heavy atom. The zero-order valence-electron chi connectivity index (χ0n) is 26.7. The van der Waals surface area contributed by atoms with Crippen molar-refractivity contribution in [2.75, 3.05) is 0 Å². The molecule has 5 aliphatic rings. The number of hydrogen-bond acceptors (Lipinski definition) is 0. The van der Waals surface area contributed by atoms with Crippen LogP contribution in [0.5, 0.6) is 0 Å². The molecule has 1 spiro atoms. The highest BCUT2D eigenvalue weighted by molar-refractivity contribution is 5.92. The highest BCUT2D eigenvalue weighted by Crippen LogP contribution is 2.67. The molecule has 5 aliphatic carbocycles. The second-order valence-electron chi connectivity index (χ2n) is 14.8. The maximum absolute atomic E-state index is 2.61. The lowest BCUT2D eigenvalue weighted by Gasteiger charge is -2.36. The van der Waals surface area contributed by atoms with E-state index >= 15 is 0 Å². The van der Waals surface area contributed by atoms with Crippen LogP contribution in [0.2, 0.25) is 0 Å². The third kappa shape index (κ3) is 3.05. The molecule has 0 N–H and O–H groups in total. The maximum atomic E-state index is 2.61. The lowest BCUT2D eigenvalue weighted by molar-refractivity contribution is 0.465. The molecule has 222 valence electrons. The van der Waals surface area contributed by atoms with Crippen LogP contribution in [0.1, 0.15) is 64.3 Å². The van der Waals surface area contributed by atoms with Gasteiger partial charge in [0.15, 0.2) is 0 Å². The smallest absolute Gasteiger partial charge is 0.0538 e. The summed E-state index contributed by atoms with van der Waals surface area (Å²) in [6.07, 6.45) is 10.5. The molecule has 0 heterocycles. The van der Waals surface area contributed by atoms with Crippen molar-refractivity contribution in [3.8, 4) is 44.5 Å². The van der Waals surface area contributed by atoms with Gasteiger partial charge >= 0.3 is 0 Å². The van der Waals surface area contributed by atoms with Gasteiger partial charge in [-0.1, -0.05) is 147 Å². The van der Waals surface area contributed by atoms with E-state index in [0.717, 1.165) is 6.42 Å². The molecule has 0 fully saturated rings. The summed E-state index contributed by atoms with van der Waals surface area (Å²) in [5.41, 5.74) is 22.5. The third-order valence-corrected chi connectivity index (χ3v) is 12.4. The van der Waals surface area contributed by atoms with E-state index in [2.05, 4.69) is 159 Å². The molecule has 0 radical (unpaired) electrons. The fourth-order valence-electron chi connectivity index (χ4n) is 10.4. The van der Waals surface area contributed by atoms with Gasteiger partial charge in [0.05, 0.1) is 5.41 Å². The Kier molecular flexibility index (Phi) is 4.84. The van der Waals surface area contributed by atoms with Crippen molar-refractivity contribution in [1.29, 1.82) is 0 Å².